The molecule has 1 aliphatic heterocycles. The second kappa shape index (κ2) is 3.93. The van der Waals surface area contributed by atoms with Gasteiger partial charge in [0.15, 0.2) is 0 Å². The van der Waals surface area contributed by atoms with Gasteiger partial charge < -0.3 is 10.2 Å². The standard InChI is InChI=1S/C6H8N4O.C2H6/c1-10-3-7-5-4(6(10)11)2-8-9-5;1-2/h2H,3H2,1H3,(H2,7,8,9);1-2H3. The number of H-pyrrole nitrogens is 1. The molecule has 5 nitrogen and oxygen atoms in total. The highest BCUT2D eigenvalue weighted by Crippen LogP contribution is 2.16. The molecule has 0 bridgehead atoms. The summed E-state index contributed by atoms with van der Waals surface area (Å²) in [7, 11) is 1.74. The van der Waals surface area contributed by atoms with Crippen molar-refractivity contribution in [1.29, 1.82) is 0 Å². The SMILES string of the molecule is CC.CN1CNc2[nH]ncc2C1=O. The molecule has 1 amide bonds. The van der Waals surface area contributed by atoms with Gasteiger partial charge in [0, 0.05) is 7.05 Å². The predicted molar refractivity (Wildman–Crippen MR) is 50.5 cm³/mol. The molecule has 0 radical (unpaired) electrons. The number of fused-ring (bicyclic) bond motifs is 1. The van der Waals surface area contributed by atoms with Crippen LogP contribution in [-0.4, -0.2) is 34.7 Å². The van der Waals surface area contributed by atoms with Crippen molar-refractivity contribution in [2.24, 2.45) is 0 Å². The third-order valence-electron chi connectivity index (χ3n) is 1.71. The van der Waals surface area contributed by atoms with Crippen LogP contribution in [0, 0.1) is 0 Å². The van der Waals surface area contributed by atoms with Gasteiger partial charge in [0.1, 0.15) is 11.4 Å². The van der Waals surface area contributed by atoms with Gasteiger partial charge in [-0.1, -0.05) is 13.8 Å². The van der Waals surface area contributed by atoms with Crippen LogP contribution in [0.3, 0.4) is 0 Å². The minimum absolute atomic E-state index is 0.00694. The zero-order chi connectivity index (χ0) is 9.84. The van der Waals surface area contributed by atoms with Crippen molar-refractivity contribution in [2.45, 2.75) is 13.8 Å². The molecule has 0 aliphatic carbocycles. The monoisotopic (exact) mass is 182 g/mol. The number of hydrogen-bond donors (Lipinski definition) is 2. The highest BCUT2D eigenvalue weighted by Gasteiger charge is 2.21. The molecule has 2 N–H and O–H groups in total. The lowest BCUT2D eigenvalue weighted by Crippen LogP contribution is -2.36. The van der Waals surface area contributed by atoms with Crippen molar-refractivity contribution < 1.29 is 4.79 Å². The average Bonchev–Trinajstić information content (AvgIpc) is 2.63. The van der Waals surface area contributed by atoms with Gasteiger partial charge in [0.05, 0.1) is 12.9 Å². The van der Waals surface area contributed by atoms with Crippen molar-refractivity contribution in [3.8, 4) is 0 Å². The van der Waals surface area contributed by atoms with Crippen molar-refractivity contribution in [2.75, 3.05) is 19.0 Å². The molecule has 72 valence electrons. The maximum atomic E-state index is 11.3. The number of aromatic nitrogens is 2. The molecule has 0 atom stereocenters. The Labute approximate surface area is 77.1 Å². The van der Waals surface area contributed by atoms with Gasteiger partial charge in [-0.15, -0.1) is 0 Å². The lowest BCUT2D eigenvalue weighted by molar-refractivity contribution is 0.0797. The number of nitrogens with one attached hydrogen (secondary N) is 2. The van der Waals surface area contributed by atoms with Crippen LogP contribution in [0.2, 0.25) is 0 Å². The van der Waals surface area contributed by atoms with Crippen LogP contribution >= 0.6 is 0 Å². The first-order valence-electron chi connectivity index (χ1n) is 4.32. The number of carbonyl (C=O) groups excluding carboxylic acids is 1. The lowest BCUT2D eigenvalue weighted by atomic mass is 10.2. The molecule has 13 heavy (non-hydrogen) atoms. The van der Waals surface area contributed by atoms with Crippen molar-refractivity contribution in [3.63, 3.8) is 0 Å². The Balaban J connectivity index is 0.000000396. The summed E-state index contributed by atoms with van der Waals surface area (Å²) in [4.78, 5) is 12.9. The van der Waals surface area contributed by atoms with E-state index in [2.05, 4.69) is 15.5 Å². The number of carbonyl (C=O) groups is 1. The van der Waals surface area contributed by atoms with Gasteiger partial charge in [-0.05, 0) is 0 Å². The van der Waals surface area contributed by atoms with Crippen LogP contribution in [-0.2, 0) is 0 Å². The molecule has 0 unspecified atom stereocenters. The smallest absolute Gasteiger partial charge is 0.260 e. The maximum absolute atomic E-state index is 11.3. The second-order valence-electron chi connectivity index (χ2n) is 2.50. The number of hydrogen-bond acceptors (Lipinski definition) is 3. The molecule has 2 heterocycles. The van der Waals surface area contributed by atoms with Gasteiger partial charge in [0.2, 0.25) is 0 Å². The normalized spacial score (nSPS) is 14.1. The van der Waals surface area contributed by atoms with E-state index in [1.165, 1.54) is 6.20 Å². The number of amides is 1. The summed E-state index contributed by atoms with van der Waals surface area (Å²) in [6.45, 7) is 4.54. The Morgan fingerprint density at radius 3 is 2.92 bits per heavy atom. The minimum atomic E-state index is 0.00694. The first kappa shape index (κ1) is 9.57. The summed E-state index contributed by atoms with van der Waals surface area (Å²) in [5.41, 5.74) is 0.610. The first-order valence-corrected chi connectivity index (χ1v) is 4.32. The van der Waals surface area contributed by atoms with E-state index < -0.39 is 0 Å². The van der Waals surface area contributed by atoms with Crippen LogP contribution in [0.5, 0.6) is 0 Å². The fourth-order valence-electron chi connectivity index (χ4n) is 1.06. The zero-order valence-electron chi connectivity index (χ0n) is 8.09. The molecule has 0 fully saturated rings. The number of rotatable bonds is 0. The number of anilines is 1. The minimum Gasteiger partial charge on any atom is -0.352 e. The quantitative estimate of drug-likeness (QED) is 0.626. The van der Waals surface area contributed by atoms with E-state index in [4.69, 9.17) is 0 Å². The molecule has 0 saturated heterocycles. The average molecular weight is 182 g/mol. The number of nitrogens with zero attached hydrogens (tertiary/aromatic N) is 2. The topological polar surface area (TPSA) is 61.0 Å². The van der Waals surface area contributed by atoms with Crippen molar-refractivity contribution >= 4 is 11.7 Å². The summed E-state index contributed by atoms with van der Waals surface area (Å²) in [6.07, 6.45) is 1.53. The Hall–Kier alpha value is -1.52. The predicted octanol–water partition coefficient (Wildman–Crippen LogP) is 0.891. The molecular weight excluding hydrogens is 168 g/mol. The van der Waals surface area contributed by atoms with E-state index in [1.807, 2.05) is 13.8 Å². The van der Waals surface area contributed by atoms with E-state index in [0.717, 1.165) is 0 Å². The summed E-state index contributed by atoms with van der Waals surface area (Å²) >= 11 is 0. The van der Waals surface area contributed by atoms with Gasteiger partial charge in [-0.25, -0.2) is 0 Å². The van der Waals surface area contributed by atoms with E-state index >= 15 is 0 Å². The fraction of sp³-hybridized carbons (Fsp3) is 0.500. The summed E-state index contributed by atoms with van der Waals surface area (Å²) < 4.78 is 0. The van der Waals surface area contributed by atoms with Gasteiger partial charge in [0.25, 0.3) is 5.91 Å². The highest BCUT2D eigenvalue weighted by molar-refractivity contribution is 5.99. The maximum Gasteiger partial charge on any atom is 0.260 e. The molecule has 1 aromatic rings. The summed E-state index contributed by atoms with van der Waals surface area (Å²) in [5, 5.41) is 9.46. The van der Waals surface area contributed by atoms with E-state index in [9.17, 15) is 4.79 Å². The summed E-state index contributed by atoms with van der Waals surface area (Å²) in [6, 6.07) is 0. The third kappa shape index (κ3) is 1.63. The molecule has 0 spiro atoms. The lowest BCUT2D eigenvalue weighted by Gasteiger charge is -2.22. The van der Waals surface area contributed by atoms with E-state index in [0.29, 0.717) is 18.1 Å². The largest absolute Gasteiger partial charge is 0.352 e. The Kier molecular flexibility index (Phi) is 2.89. The van der Waals surface area contributed by atoms with Gasteiger partial charge >= 0.3 is 0 Å². The van der Waals surface area contributed by atoms with Crippen LogP contribution in [0.25, 0.3) is 0 Å². The Bertz CT molecular complexity index is 294. The molecule has 1 aliphatic rings. The van der Waals surface area contributed by atoms with Crippen LogP contribution in [0.15, 0.2) is 6.20 Å². The second-order valence-corrected chi connectivity index (χ2v) is 2.50. The molecule has 1 aromatic heterocycles. The molecular formula is C8H14N4O. The first-order chi connectivity index (χ1) is 6.29. The zero-order valence-corrected chi connectivity index (χ0v) is 8.09. The molecule has 5 heteroatoms. The third-order valence-corrected chi connectivity index (χ3v) is 1.71. The van der Waals surface area contributed by atoms with Crippen LogP contribution in [0.4, 0.5) is 5.82 Å². The van der Waals surface area contributed by atoms with Crippen molar-refractivity contribution in [3.05, 3.63) is 11.8 Å². The van der Waals surface area contributed by atoms with Crippen molar-refractivity contribution in [1.82, 2.24) is 15.1 Å². The van der Waals surface area contributed by atoms with Crippen LogP contribution in [0.1, 0.15) is 24.2 Å². The molecule has 0 saturated carbocycles. The van der Waals surface area contributed by atoms with Gasteiger partial charge in [-0.3, -0.25) is 9.89 Å². The Morgan fingerprint density at radius 2 is 2.23 bits per heavy atom. The van der Waals surface area contributed by atoms with E-state index in [-0.39, 0.29) is 5.91 Å². The van der Waals surface area contributed by atoms with Gasteiger partial charge in [-0.2, -0.15) is 5.10 Å². The van der Waals surface area contributed by atoms with Crippen LogP contribution < -0.4 is 5.32 Å². The highest BCUT2D eigenvalue weighted by atomic mass is 16.2. The number of aromatic amines is 1. The van der Waals surface area contributed by atoms with E-state index in [1.54, 1.807) is 11.9 Å². The fourth-order valence-corrected chi connectivity index (χ4v) is 1.06. The summed E-state index contributed by atoms with van der Waals surface area (Å²) in [5.74, 6) is 0.723. The molecule has 0 aromatic carbocycles. The Morgan fingerprint density at radius 1 is 1.54 bits per heavy atom. The molecule has 2 rings (SSSR count).